The topological polar surface area (TPSA) is 134 Å². The Morgan fingerprint density at radius 3 is 2.17 bits per heavy atom. The van der Waals surface area contributed by atoms with Gasteiger partial charge in [-0.3, -0.25) is 14.4 Å². The van der Waals surface area contributed by atoms with E-state index in [0.717, 1.165) is 12.8 Å². The molecule has 30 heavy (non-hydrogen) atoms. The van der Waals surface area contributed by atoms with Gasteiger partial charge in [0.25, 0.3) is 0 Å². The van der Waals surface area contributed by atoms with Gasteiger partial charge in [0.2, 0.25) is 5.91 Å². The molecule has 0 saturated heterocycles. The first-order valence-corrected chi connectivity index (χ1v) is 9.32. The molecule has 1 atom stereocenters. The van der Waals surface area contributed by atoms with Crippen molar-refractivity contribution in [2.75, 3.05) is 7.11 Å². The first-order valence-electron chi connectivity index (χ1n) is 9.32. The van der Waals surface area contributed by atoms with Gasteiger partial charge >= 0.3 is 17.9 Å². The minimum Gasteiger partial charge on any atom is -0.467 e. The number of ether oxygens (including phenoxy) is 3. The van der Waals surface area contributed by atoms with Crippen LogP contribution in [-0.2, 0) is 30.3 Å². The van der Waals surface area contributed by atoms with Crippen LogP contribution in [0.2, 0.25) is 0 Å². The van der Waals surface area contributed by atoms with Gasteiger partial charge in [-0.1, -0.05) is 18.9 Å². The zero-order valence-corrected chi connectivity index (χ0v) is 18.0. The van der Waals surface area contributed by atoms with Gasteiger partial charge in [-0.05, 0) is 30.5 Å². The van der Waals surface area contributed by atoms with Crippen LogP contribution in [0.1, 0.15) is 45.1 Å². The van der Waals surface area contributed by atoms with Gasteiger partial charge in [-0.15, -0.1) is 12.4 Å². The van der Waals surface area contributed by atoms with Crippen molar-refractivity contribution >= 4 is 36.2 Å². The third-order valence-corrected chi connectivity index (χ3v) is 4.69. The first-order chi connectivity index (χ1) is 13.6. The van der Waals surface area contributed by atoms with Crippen molar-refractivity contribution in [1.29, 1.82) is 0 Å². The van der Waals surface area contributed by atoms with Crippen molar-refractivity contribution in [2.24, 2.45) is 5.73 Å². The molecule has 1 aromatic rings. The van der Waals surface area contributed by atoms with E-state index in [0.29, 0.717) is 18.4 Å². The molecule has 0 aromatic heterocycles. The molecule has 1 aromatic carbocycles. The van der Waals surface area contributed by atoms with Crippen LogP contribution in [0, 0.1) is 0 Å². The maximum Gasteiger partial charge on any atom is 0.328 e. The third kappa shape index (κ3) is 6.70. The smallest absolute Gasteiger partial charge is 0.328 e. The maximum absolute atomic E-state index is 12.6. The molecule has 1 aliphatic rings. The number of amides is 1. The third-order valence-electron chi connectivity index (χ3n) is 4.69. The van der Waals surface area contributed by atoms with Crippen LogP contribution in [0.15, 0.2) is 18.2 Å². The normalized spacial score (nSPS) is 15.3. The zero-order chi connectivity index (χ0) is 21.6. The number of benzene rings is 1. The number of hydrogen-bond acceptors (Lipinski definition) is 8. The first kappa shape index (κ1) is 25.4. The molecule has 0 unspecified atom stereocenters. The van der Waals surface area contributed by atoms with Crippen LogP contribution in [0.3, 0.4) is 0 Å². The van der Waals surface area contributed by atoms with Crippen LogP contribution in [0.4, 0.5) is 0 Å². The van der Waals surface area contributed by atoms with Crippen LogP contribution in [-0.4, -0.2) is 42.5 Å². The Labute approximate surface area is 181 Å². The second-order valence-electron chi connectivity index (χ2n) is 7.08. The van der Waals surface area contributed by atoms with E-state index >= 15 is 0 Å². The largest absolute Gasteiger partial charge is 0.467 e. The number of carbonyl (C=O) groups is 4. The lowest BCUT2D eigenvalue weighted by Crippen LogP contribution is -2.56. The van der Waals surface area contributed by atoms with Crippen LogP contribution >= 0.6 is 12.4 Å². The Hall–Kier alpha value is -2.65. The highest BCUT2D eigenvalue weighted by molar-refractivity contribution is 5.90. The number of nitrogens with one attached hydrogen (secondary N) is 1. The zero-order valence-electron chi connectivity index (χ0n) is 17.2. The molecule has 1 fully saturated rings. The second-order valence-corrected chi connectivity index (χ2v) is 7.08. The highest BCUT2D eigenvalue weighted by Gasteiger charge is 2.39. The lowest BCUT2D eigenvalue weighted by molar-refractivity contribution is -0.145. The molecule has 0 spiro atoms. The van der Waals surface area contributed by atoms with E-state index in [1.54, 1.807) is 6.07 Å². The quantitative estimate of drug-likeness (QED) is 0.478. The highest BCUT2D eigenvalue weighted by atomic mass is 35.5. The van der Waals surface area contributed by atoms with Gasteiger partial charge in [0.1, 0.15) is 6.04 Å². The SMILES string of the molecule is COC(=O)[C@H](Cc1ccc(OC(C)=O)c(OC(C)=O)c1)NC(=O)C1(N)CCCC1.Cl. The maximum atomic E-state index is 12.6. The summed E-state index contributed by atoms with van der Waals surface area (Å²) in [4.78, 5) is 47.4. The van der Waals surface area contributed by atoms with Crippen LogP contribution in [0.5, 0.6) is 11.5 Å². The van der Waals surface area contributed by atoms with E-state index in [9.17, 15) is 19.2 Å². The molecule has 10 heteroatoms. The predicted molar refractivity (Wildman–Crippen MR) is 109 cm³/mol. The van der Waals surface area contributed by atoms with Gasteiger partial charge in [-0.2, -0.15) is 0 Å². The van der Waals surface area contributed by atoms with Gasteiger partial charge in [0, 0.05) is 20.3 Å². The Bertz CT molecular complexity index is 806. The molecule has 1 saturated carbocycles. The Morgan fingerprint density at radius 1 is 1.07 bits per heavy atom. The Kier molecular flexibility index (Phi) is 9.25. The fourth-order valence-electron chi connectivity index (χ4n) is 3.26. The number of methoxy groups -OCH3 is 1. The van der Waals surface area contributed by atoms with Crippen molar-refractivity contribution in [3.05, 3.63) is 23.8 Å². The number of nitrogens with two attached hydrogens (primary N) is 1. The lowest BCUT2D eigenvalue weighted by atomic mass is 9.96. The molecular formula is C20H27ClN2O7. The Morgan fingerprint density at radius 2 is 1.63 bits per heavy atom. The molecule has 2 rings (SSSR count). The summed E-state index contributed by atoms with van der Waals surface area (Å²) < 4.78 is 14.9. The van der Waals surface area contributed by atoms with E-state index in [-0.39, 0.29) is 30.3 Å². The summed E-state index contributed by atoms with van der Waals surface area (Å²) in [7, 11) is 1.23. The van der Waals surface area contributed by atoms with E-state index < -0.39 is 35.4 Å². The van der Waals surface area contributed by atoms with E-state index in [4.69, 9.17) is 19.9 Å². The number of esters is 3. The van der Waals surface area contributed by atoms with E-state index in [1.807, 2.05) is 0 Å². The predicted octanol–water partition coefficient (Wildman–Crippen LogP) is 1.43. The van der Waals surface area contributed by atoms with Crippen molar-refractivity contribution in [3.8, 4) is 11.5 Å². The molecule has 1 aliphatic carbocycles. The minimum absolute atomic E-state index is 0. The molecular weight excluding hydrogens is 416 g/mol. The van der Waals surface area contributed by atoms with Gasteiger partial charge in [0.15, 0.2) is 11.5 Å². The van der Waals surface area contributed by atoms with E-state index in [2.05, 4.69) is 5.32 Å². The summed E-state index contributed by atoms with van der Waals surface area (Å²) in [6.45, 7) is 2.43. The minimum atomic E-state index is -0.992. The molecule has 9 nitrogen and oxygen atoms in total. The molecule has 0 aliphatic heterocycles. The van der Waals surface area contributed by atoms with Crippen molar-refractivity contribution < 1.29 is 33.4 Å². The standard InChI is InChI=1S/C20H26N2O7.ClH/c1-12(23)28-16-7-6-14(11-17(16)29-13(2)24)10-15(18(25)27-3)22-19(26)20(21)8-4-5-9-20;/h6-7,11,15H,4-5,8-10,21H2,1-3H3,(H,22,26);1H/t15-;/m0./s1. The summed E-state index contributed by atoms with van der Waals surface area (Å²) in [6.07, 6.45) is 2.90. The summed E-state index contributed by atoms with van der Waals surface area (Å²) in [5.74, 6) is -2.09. The van der Waals surface area contributed by atoms with Gasteiger partial charge in [-0.25, -0.2) is 4.79 Å². The summed E-state index contributed by atoms with van der Waals surface area (Å²) in [5, 5.41) is 2.67. The summed E-state index contributed by atoms with van der Waals surface area (Å²) >= 11 is 0. The van der Waals surface area contributed by atoms with Crippen molar-refractivity contribution in [2.45, 2.75) is 57.5 Å². The average molecular weight is 443 g/mol. The molecule has 3 N–H and O–H groups in total. The number of carbonyl (C=O) groups excluding carboxylic acids is 4. The monoisotopic (exact) mass is 442 g/mol. The number of rotatable bonds is 7. The number of halogens is 1. The fraction of sp³-hybridized carbons (Fsp3) is 0.500. The fourth-order valence-corrected chi connectivity index (χ4v) is 3.26. The van der Waals surface area contributed by atoms with E-state index in [1.165, 1.54) is 33.1 Å². The molecule has 0 radical (unpaired) electrons. The Balaban J connectivity index is 0.00000450. The average Bonchev–Trinajstić information content (AvgIpc) is 3.09. The van der Waals surface area contributed by atoms with Gasteiger partial charge < -0.3 is 25.3 Å². The van der Waals surface area contributed by atoms with Crippen LogP contribution in [0.25, 0.3) is 0 Å². The van der Waals surface area contributed by atoms with Crippen molar-refractivity contribution in [1.82, 2.24) is 5.32 Å². The summed E-state index contributed by atoms with van der Waals surface area (Å²) in [6, 6.07) is 3.54. The molecule has 0 heterocycles. The number of hydrogen-bond donors (Lipinski definition) is 2. The molecule has 166 valence electrons. The molecule has 0 bridgehead atoms. The summed E-state index contributed by atoms with van der Waals surface area (Å²) in [5.41, 5.74) is 5.73. The highest BCUT2D eigenvalue weighted by Crippen LogP contribution is 2.30. The van der Waals surface area contributed by atoms with Gasteiger partial charge in [0.05, 0.1) is 12.6 Å². The molecule has 1 amide bonds. The second kappa shape index (κ2) is 10.9. The van der Waals surface area contributed by atoms with Crippen LogP contribution < -0.4 is 20.5 Å². The van der Waals surface area contributed by atoms with Crippen molar-refractivity contribution in [3.63, 3.8) is 0 Å². The lowest BCUT2D eigenvalue weighted by Gasteiger charge is -2.25.